The number of rotatable bonds is 5. The van der Waals surface area contributed by atoms with Gasteiger partial charge in [-0.2, -0.15) is 0 Å². The van der Waals surface area contributed by atoms with Crippen LogP contribution in [0, 0.1) is 0 Å². The summed E-state index contributed by atoms with van der Waals surface area (Å²) in [5.41, 5.74) is 1.78. The highest BCUT2D eigenvalue weighted by molar-refractivity contribution is 7.99. The number of nitrogens with zero attached hydrogens (tertiary/aromatic N) is 4. The molecule has 0 fully saturated rings. The normalized spacial score (nSPS) is 11.0. The molecular formula is C18H13N5O3S. The van der Waals surface area contributed by atoms with Crippen molar-refractivity contribution in [1.29, 1.82) is 0 Å². The Morgan fingerprint density at radius 3 is 2.74 bits per heavy atom. The molecule has 2 heterocycles. The van der Waals surface area contributed by atoms with Crippen molar-refractivity contribution in [2.24, 2.45) is 0 Å². The maximum atomic E-state index is 12.2. The molecular weight excluding hydrogens is 366 g/mol. The zero-order valence-electron chi connectivity index (χ0n) is 13.9. The molecule has 0 saturated carbocycles. The highest BCUT2D eigenvalue weighted by Gasteiger charge is 2.14. The van der Waals surface area contributed by atoms with Crippen LogP contribution in [0.15, 0.2) is 60.0 Å². The lowest BCUT2D eigenvalue weighted by molar-refractivity contribution is -0.113. The van der Waals surface area contributed by atoms with Gasteiger partial charge in [0.05, 0.1) is 22.5 Å². The number of carbonyl (C=O) groups excluding carboxylic acids is 1. The number of amides is 1. The van der Waals surface area contributed by atoms with Gasteiger partial charge in [-0.25, -0.2) is 19.3 Å². The Bertz CT molecular complexity index is 1170. The highest BCUT2D eigenvalue weighted by atomic mass is 32.2. The average molecular weight is 379 g/mol. The van der Waals surface area contributed by atoms with E-state index in [1.54, 1.807) is 29.0 Å². The minimum Gasteiger partial charge on any atom is -0.478 e. The molecule has 2 N–H and O–H groups in total. The molecule has 0 unspecified atom stereocenters. The van der Waals surface area contributed by atoms with Crippen molar-refractivity contribution in [3.05, 3.63) is 60.4 Å². The minimum absolute atomic E-state index is 0.0410. The van der Waals surface area contributed by atoms with Crippen LogP contribution in [0.5, 0.6) is 0 Å². The number of fused-ring (bicyclic) bond motifs is 3. The number of hydrogen-bond acceptors (Lipinski definition) is 6. The number of anilines is 1. The Balaban J connectivity index is 1.50. The molecule has 8 nitrogen and oxygen atoms in total. The lowest BCUT2D eigenvalue weighted by atomic mass is 10.2. The van der Waals surface area contributed by atoms with Gasteiger partial charge in [0, 0.05) is 5.39 Å². The number of nitrogens with one attached hydrogen (secondary N) is 1. The minimum atomic E-state index is -1.10. The van der Waals surface area contributed by atoms with E-state index >= 15 is 0 Å². The second-order valence-electron chi connectivity index (χ2n) is 5.61. The van der Waals surface area contributed by atoms with E-state index in [2.05, 4.69) is 20.4 Å². The maximum Gasteiger partial charge on any atom is 0.337 e. The molecule has 0 aliphatic rings. The Morgan fingerprint density at radius 2 is 1.89 bits per heavy atom. The van der Waals surface area contributed by atoms with Crippen LogP contribution < -0.4 is 5.32 Å². The molecule has 0 aliphatic heterocycles. The van der Waals surface area contributed by atoms with E-state index in [0.29, 0.717) is 10.8 Å². The summed E-state index contributed by atoms with van der Waals surface area (Å²) in [6.07, 6.45) is 1.58. The third kappa shape index (κ3) is 3.44. The van der Waals surface area contributed by atoms with Crippen LogP contribution in [0.25, 0.3) is 16.6 Å². The van der Waals surface area contributed by atoms with Crippen LogP contribution in [0.1, 0.15) is 10.4 Å². The van der Waals surface area contributed by atoms with E-state index in [0.717, 1.165) is 10.9 Å². The second-order valence-corrected chi connectivity index (χ2v) is 6.55. The number of hydrogen-bond donors (Lipinski definition) is 2. The van der Waals surface area contributed by atoms with Gasteiger partial charge in [0.25, 0.3) is 0 Å². The SMILES string of the molecule is O=C(CSc1nc2c3ccccc3ncn2n1)Nc1ccccc1C(=O)O. The molecule has 0 atom stereocenters. The largest absolute Gasteiger partial charge is 0.478 e. The fourth-order valence-corrected chi connectivity index (χ4v) is 3.25. The standard InChI is InChI=1S/C18H13N5O3S/c24-15(20-14-8-4-2-6-12(14)17(25)26)9-27-18-21-16-11-5-1-3-7-13(11)19-10-23(16)22-18/h1-8,10H,9H2,(H,20,24)(H,25,26). The Morgan fingerprint density at radius 1 is 1.11 bits per heavy atom. The summed E-state index contributed by atoms with van der Waals surface area (Å²) in [6.45, 7) is 0. The van der Waals surface area contributed by atoms with Gasteiger partial charge in [0.1, 0.15) is 6.33 Å². The molecule has 1 amide bonds. The lowest BCUT2D eigenvalue weighted by Gasteiger charge is -2.07. The van der Waals surface area contributed by atoms with Gasteiger partial charge < -0.3 is 10.4 Å². The quantitative estimate of drug-likeness (QED) is 0.513. The first-order valence-corrected chi connectivity index (χ1v) is 8.95. The zero-order chi connectivity index (χ0) is 18.8. The van der Waals surface area contributed by atoms with Gasteiger partial charge >= 0.3 is 5.97 Å². The molecule has 27 heavy (non-hydrogen) atoms. The molecule has 2 aromatic heterocycles. The molecule has 0 bridgehead atoms. The van der Waals surface area contributed by atoms with Crippen molar-refractivity contribution in [2.75, 3.05) is 11.1 Å². The zero-order valence-corrected chi connectivity index (χ0v) is 14.7. The van der Waals surface area contributed by atoms with Gasteiger partial charge in [-0.15, -0.1) is 5.10 Å². The number of aromatic nitrogens is 4. The smallest absolute Gasteiger partial charge is 0.337 e. The van der Waals surface area contributed by atoms with Crippen molar-refractivity contribution < 1.29 is 14.7 Å². The van der Waals surface area contributed by atoms with Crippen molar-refractivity contribution >= 4 is 45.9 Å². The van der Waals surface area contributed by atoms with Gasteiger partial charge in [0.2, 0.25) is 11.1 Å². The number of carboxylic acids is 1. The molecule has 0 radical (unpaired) electrons. The summed E-state index contributed by atoms with van der Waals surface area (Å²) in [6, 6.07) is 13.9. The summed E-state index contributed by atoms with van der Waals surface area (Å²) >= 11 is 1.17. The molecule has 134 valence electrons. The van der Waals surface area contributed by atoms with Crippen LogP contribution in [-0.2, 0) is 4.79 Å². The fraction of sp³-hybridized carbons (Fsp3) is 0.0556. The fourth-order valence-electron chi connectivity index (χ4n) is 2.62. The molecule has 4 aromatic rings. The topological polar surface area (TPSA) is 109 Å². The summed E-state index contributed by atoms with van der Waals surface area (Å²) in [5, 5.41) is 17.4. The summed E-state index contributed by atoms with van der Waals surface area (Å²) in [4.78, 5) is 32.2. The number of aromatic carboxylic acids is 1. The van der Waals surface area contributed by atoms with Gasteiger partial charge in [-0.05, 0) is 24.3 Å². The van der Waals surface area contributed by atoms with Gasteiger partial charge in [0.15, 0.2) is 5.65 Å². The lowest BCUT2D eigenvalue weighted by Crippen LogP contribution is -2.16. The number of benzene rings is 2. The monoisotopic (exact) mass is 379 g/mol. The van der Waals surface area contributed by atoms with Crippen LogP contribution in [0.4, 0.5) is 5.69 Å². The molecule has 0 spiro atoms. The van der Waals surface area contributed by atoms with E-state index in [1.807, 2.05) is 24.3 Å². The van der Waals surface area contributed by atoms with E-state index in [-0.39, 0.29) is 22.9 Å². The van der Waals surface area contributed by atoms with Crippen LogP contribution in [0.3, 0.4) is 0 Å². The predicted octanol–water partition coefficient (Wildman–Crippen LogP) is 2.71. The van der Waals surface area contributed by atoms with E-state index < -0.39 is 5.97 Å². The summed E-state index contributed by atoms with van der Waals surface area (Å²) in [5.74, 6) is -1.38. The number of carbonyl (C=O) groups is 2. The van der Waals surface area contributed by atoms with Crippen LogP contribution in [-0.4, -0.2) is 42.3 Å². The predicted molar refractivity (Wildman–Crippen MR) is 101 cm³/mol. The highest BCUT2D eigenvalue weighted by Crippen LogP contribution is 2.21. The van der Waals surface area contributed by atoms with Crippen LogP contribution in [0.2, 0.25) is 0 Å². The van der Waals surface area contributed by atoms with Crippen molar-refractivity contribution in [1.82, 2.24) is 19.6 Å². The van der Waals surface area contributed by atoms with Gasteiger partial charge in [-0.3, -0.25) is 4.79 Å². The molecule has 0 saturated heterocycles. The van der Waals surface area contributed by atoms with E-state index in [4.69, 9.17) is 5.11 Å². The number of carboxylic acid groups (broad SMARTS) is 1. The maximum absolute atomic E-state index is 12.2. The molecule has 0 aliphatic carbocycles. The van der Waals surface area contributed by atoms with Crippen molar-refractivity contribution in [2.45, 2.75) is 5.16 Å². The third-order valence-electron chi connectivity index (χ3n) is 3.83. The van der Waals surface area contributed by atoms with E-state index in [9.17, 15) is 9.59 Å². The Kier molecular flexibility index (Phi) is 4.43. The molecule has 2 aromatic carbocycles. The number of para-hydroxylation sites is 2. The molecule has 4 rings (SSSR count). The summed E-state index contributed by atoms with van der Waals surface area (Å²) in [7, 11) is 0. The summed E-state index contributed by atoms with van der Waals surface area (Å²) < 4.78 is 1.57. The van der Waals surface area contributed by atoms with Gasteiger partial charge in [-0.1, -0.05) is 36.0 Å². The number of thioether (sulfide) groups is 1. The first-order valence-electron chi connectivity index (χ1n) is 7.97. The van der Waals surface area contributed by atoms with Crippen molar-refractivity contribution in [3.8, 4) is 0 Å². The molecule has 9 heteroatoms. The average Bonchev–Trinajstić information content (AvgIpc) is 3.10. The Hall–Kier alpha value is -3.46. The third-order valence-corrected chi connectivity index (χ3v) is 4.66. The first kappa shape index (κ1) is 17.0. The second kappa shape index (κ2) is 7.04. The van der Waals surface area contributed by atoms with Crippen LogP contribution >= 0.6 is 11.8 Å². The van der Waals surface area contributed by atoms with E-state index in [1.165, 1.54) is 17.8 Å². The Labute approximate surface area is 157 Å². The van der Waals surface area contributed by atoms with Crippen molar-refractivity contribution in [3.63, 3.8) is 0 Å². The first-order chi connectivity index (χ1) is 13.1.